The van der Waals surface area contributed by atoms with Crippen molar-refractivity contribution in [3.05, 3.63) is 29.6 Å². The molecule has 1 unspecified atom stereocenters. The predicted molar refractivity (Wildman–Crippen MR) is 86.6 cm³/mol. The third-order valence-corrected chi connectivity index (χ3v) is 3.92. The molecule has 3 heteroatoms. The van der Waals surface area contributed by atoms with Crippen molar-refractivity contribution in [3.8, 4) is 0 Å². The van der Waals surface area contributed by atoms with Crippen LogP contribution in [-0.2, 0) is 13.1 Å². The van der Waals surface area contributed by atoms with Crippen LogP contribution >= 0.6 is 0 Å². The lowest BCUT2D eigenvalue weighted by Gasteiger charge is -2.35. The van der Waals surface area contributed by atoms with Crippen molar-refractivity contribution in [2.75, 3.05) is 13.6 Å². The summed E-state index contributed by atoms with van der Waals surface area (Å²) in [7, 11) is 2.18. The highest BCUT2D eigenvalue weighted by Crippen LogP contribution is 2.23. The molecular weight excluding hydrogens is 246 g/mol. The molecule has 0 saturated carbocycles. The Morgan fingerprint density at radius 2 is 1.90 bits per heavy atom. The standard InChI is InChI=1S/C17H31N3/c1-7-11-18-12-15-9-8-10-16(19-15)13-20(6)14(2)17(3,4)5/h8-10,14,18H,7,11-13H2,1-6H3. The summed E-state index contributed by atoms with van der Waals surface area (Å²) in [6, 6.07) is 6.85. The fourth-order valence-corrected chi connectivity index (χ4v) is 2.16. The Morgan fingerprint density at radius 3 is 2.50 bits per heavy atom. The second kappa shape index (κ2) is 7.75. The van der Waals surface area contributed by atoms with Crippen LogP contribution in [0.5, 0.6) is 0 Å². The van der Waals surface area contributed by atoms with Crippen LogP contribution in [0.4, 0.5) is 0 Å². The normalized spacial score (nSPS) is 13.8. The Hall–Kier alpha value is -0.930. The zero-order valence-corrected chi connectivity index (χ0v) is 14.0. The Bertz CT molecular complexity index is 395. The SMILES string of the molecule is CCCNCc1cccc(CN(C)C(C)C(C)(C)C)n1. The fourth-order valence-electron chi connectivity index (χ4n) is 2.16. The molecule has 3 nitrogen and oxygen atoms in total. The molecular formula is C17H31N3. The van der Waals surface area contributed by atoms with Crippen LogP contribution in [0.15, 0.2) is 18.2 Å². The van der Waals surface area contributed by atoms with Gasteiger partial charge in [-0.15, -0.1) is 0 Å². The van der Waals surface area contributed by atoms with Gasteiger partial charge in [-0.05, 0) is 44.5 Å². The number of pyridine rings is 1. The minimum Gasteiger partial charge on any atom is -0.311 e. The van der Waals surface area contributed by atoms with Crippen molar-refractivity contribution >= 4 is 0 Å². The molecule has 0 aliphatic heterocycles. The van der Waals surface area contributed by atoms with Crippen LogP contribution in [-0.4, -0.2) is 29.5 Å². The van der Waals surface area contributed by atoms with Gasteiger partial charge in [-0.2, -0.15) is 0 Å². The summed E-state index contributed by atoms with van der Waals surface area (Å²) in [5.74, 6) is 0. The van der Waals surface area contributed by atoms with E-state index in [2.05, 4.69) is 70.1 Å². The second-order valence-electron chi connectivity index (χ2n) is 6.75. The van der Waals surface area contributed by atoms with Gasteiger partial charge in [0.15, 0.2) is 0 Å². The van der Waals surface area contributed by atoms with E-state index in [0.29, 0.717) is 6.04 Å². The van der Waals surface area contributed by atoms with Gasteiger partial charge in [0, 0.05) is 19.1 Å². The number of aromatic nitrogens is 1. The number of hydrogen-bond donors (Lipinski definition) is 1. The minimum atomic E-state index is 0.287. The summed E-state index contributed by atoms with van der Waals surface area (Å²) in [5, 5.41) is 3.40. The molecule has 0 amide bonds. The van der Waals surface area contributed by atoms with Crippen molar-refractivity contribution in [1.29, 1.82) is 0 Å². The van der Waals surface area contributed by atoms with E-state index in [0.717, 1.165) is 37.4 Å². The van der Waals surface area contributed by atoms with Gasteiger partial charge in [0.05, 0.1) is 11.4 Å². The Labute approximate surface area is 124 Å². The maximum absolute atomic E-state index is 4.74. The topological polar surface area (TPSA) is 28.2 Å². The van der Waals surface area contributed by atoms with Crippen LogP contribution in [0, 0.1) is 5.41 Å². The molecule has 0 spiro atoms. The molecule has 0 radical (unpaired) electrons. The van der Waals surface area contributed by atoms with E-state index in [9.17, 15) is 0 Å². The quantitative estimate of drug-likeness (QED) is 0.774. The largest absolute Gasteiger partial charge is 0.311 e. The number of nitrogens with one attached hydrogen (secondary N) is 1. The van der Waals surface area contributed by atoms with E-state index in [1.54, 1.807) is 0 Å². The third-order valence-electron chi connectivity index (χ3n) is 3.92. The Balaban J connectivity index is 2.61. The lowest BCUT2D eigenvalue weighted by molar-refractivity contribution is 0.133. The van der Waals surface area contributed by atoms with Crippen LogP contribution in [0.2, 0.25) is 0 Å². The van der Waals surface area contributed by atoms with Gasteiger partial charge in [0.25, 0.3) is 0 Å². The van der Waals surface area contributed by atoms with E-state index in [-0.39, 0.29) is 5.41 Å². The minimum absolute atomic E-state index is 0.287. The Morgan fingerprint density at radius 1 is 1.25 bits per heavy atom. The van der Waals surface area contributed by atoms with Crippen molar-refractivity contribution < 1.29 is 0 Å². The molecule has 20 heavy (non-hydrogen) atoms. The number of nitrogens with zero attached hydrogens (tertiary/aromatic N) is 2. The molecule has 0 fully saturated rings. The summed E-state index contributed by atoms with van der Waals surface area (Å²) < 4.78 is 0. The van der Waals surface area contributed by atoms with Crippen molar-refractivity contribution in [2.45, 2.75) is 60.2 Å². The smallest absolute Gasteiger partial charge is 0.0547 e. The lowest BCUT2D eigenvalue weighted by Crippen LogP contribution is -2.39. The van der Waals surface area contributed by atoms with Gasteiger partial charge < -0.3 is 5.32 Å². The number of rotatable bonds is 7. The Kier molecular flexibility index (Phi) is 6.63. The first-order chi connectivity index (χ1) is 9.34. The molecule has 1 aromatic heterocycles. The van der Waals surface area contributed by atoms with Crippen LogP contribution in [0.1, 0.15) is 52.4 Å². The summed E-state index contributed by atoms with van der Waals surface area (Å²) >= 11 is 0. The molecule has 1 N–H and O–H groups in total. The average Bonchev–Trinajstić information content (AvgIpc) is 2.37. The van der Waals surface area contributed by atoms with Gasteiger partial charge >= 0.3 is 0 Å². The van der Waals surface area contributed by atoms with Crippen molar-refractivity contribution in [1.82, 2.24) is 15.2 Å². The third kappa shape index (κ3) is 5.59. The molecule has 114 valence electrons. The molecule has 0 aromatic carbocycles. The first-order valence-corrected chi connectivity index (χ1v) is 7.70. The summed E-state index contributed by atoms with van der Waals surface area (Å²) in [6.45, 7) is 14.1. The highest BCUT2D eigenvalue weighted by molar-refractivity contribution is 5.11. The number of hydrogen-bond acceptors (Lipinski definition) is 3. The summed E-state index contributed by atoms with van der Waals surface area (Å²) in [5.41, 5.74) is 2.57. The maximum atomic E-state index is 4.74. The average molecular weight is 277 g/mol. The van der Waals surface area contributed by atoms with Crippen molar-refractivity contribution in [3.63, 3.8) is 0 Å². The summed E-state index contributed by atoms with van der Waals surface area (Å²) in [4.78, 5) is 7.13. The molecule has 1 atom stereocenters. The van der Waals surface area contributed by atoms with E-state index < -0.39 is 0 Å². The maximum Gasteiger partial charge on any atom is 0.0547 e. The molecule has 0 aliphatic carbocycles. The molecule has 0 saturated heterocycles. The molecule has 1 aromatic rings. The molecule has 0 bridgehead atoms. The van der Waals surface area contributed by atoms with Gasteiger partial charge in [-0.1, -0.05) is 33.8 Å². The first-order valence-electron chi connectivity index (χ1n) is 7.70. The highest BCUT2D eigenvalue weighted by Gasteiger charge is 2.23. The zero-order chi connectivity index (χ0) is 15.2. The van der Waals surface area contributed by atoms with Crippen LogP contribution in [0.25, 0.3) is 0 Å². The first kappa shape index (κ1) is 17.1. The monoisotopic (exact) mass is 277 g/mol. The lowest BCUT2D eigenvalue weighted by atomic mass is 9.87. The predicted octanol–water partition coefficient (Wildman–Crippen LogP) is 3.45. The van der Waals surface area contributed by atoms with Crippen LogP contribution < -0.4 is 5.32 Å². The van der Waals surface area contributed by atoms with E-state index in [1.807, 2.05) is 0 Å². The van der Waals surface area contributed by atoms with Gasteiger partial charge in [0.1, 0.15) is 0 Å². The van der Waals surface area contributed by atoms with E-state index >= 15 is 0 Å². The van der Waals surface area contributed by atoms with E-state index in [1.165, 1.54) is 0 Å². The summed E-state index contributed by atoms with van der Waals surface area (Å²) in [6.07, 6.45) is 1.16. The fraction of sp³-hybridized carbons (Fsp3) is 0.706. The zero-order valence-electron chi connectivity index (χ0n) is 14.0. The second-order valence-corrected chi connectivity index (χ2v) is 6.75. The van der Waals surface area contributed by atoms with E-state index in [4.69, 9.17) is 4.98 Å². The molecule has 1 heterocycles. The van der Waals surface area contributed by atoms with Gasteiger partial charge in [0.2, 0.25) is 0 Å². The van der Waals surface area contributed by atoms with Crippen molar-refractivity contribution in [2.24, 2.45) is 5.41 Å². The van der Waals surface area contributed by atoms with Gasteiger partial charge in [-0.3, -0.25) is 9.88 Å². The van der Waals surface area contributed by atoms with Crippen LogP contribution in [0.3, 0.4) is 0 Å². The molecule has 1 rings (SSSR count). The molecule has 0 aliphatic rings. The highest BCUT2D eigenvalue weighted by atomic mass is 15.1. The van der Waals surface area contributed by atoms with Gasteiger partial charge in [-0.25, -0.2) is 0 Å².